The summed E-state index contributed by atoms with van der Waals surface area (Å²) in [5.41, 5.74) is 0.818. The zero-order valence-corrected chi connectivity index (χ0v) is 16.9. The molecule has 0 atom stereocenters. The Balaban J connectivity index is 0.00000576. The topological polar surface area (TPSA) is 66.0 Å². The molecule has 0 spiro atoms. The molecule has 2 N–H and O–H groups in total. The maximum Gasteiger partial charge on any atom is 0.272 e. The zero-order valence-electron chi connectivity index (χ0n) is 14.6. The molecule has 0 saturated carbocycles. The number of ether oxygens (including phenoxy) is 1. The van der Waals surface area contributed by atoms with Gasteiger partial charge in [0.05, 0.1) is 13.1 Å². The lowest BCUT2D eigenvalue weighted by molar-refractivity contribution is -0.127. The molecule has 25 heavy (non-hydrogen) atoms. The molecule has 142 valence electrons. The van der Waals surface area contributed by atoms with Crippen LogP contribution in [-0.2, 0) is 11.3 Å². The lowest BCUT2D eigenvalue weighted by Crippen LogP contribution is -2.42. The van der Waals surface area contributed by atoms with Gasteiger partial charge >= 0.3 is 0 Å². The summed E-state index contributed by atoms with van der Waals surface area (Å²) >= 11 is 0. The number of alkyl halides is 2. The fraction of sp³-hybridized carbons (Fsp3) is 0.500. The van der Waals surface area contributed by atoms with Crippen LogP contribution in [0.1, 0.15) is 12.5 Å². The van der Waals surface area contributed by atoms with E-state index in [9.17, 15) is 13.6 Å². The maximum atomic E-state index is 12.2. The summed E-state index contributed by atoms with van der Waals surface area (Å²) < 4.78 is 29.3. The summed E-state index contributed by atoms with van der Waals surface area (Å²) in [4.78, 5) is 17.5. The largest absolute Gasteiger partial charge is 0.488 e. The Kier molecular flexibility index (Phi) is 11.8. The number of nitrogens with one attached hydrogen (secondary N) is 2. The zero-order chi connectivity index (χ0) is 17.9. The third-order valence-corrected chi connectivity index (χ3v) is 2.94. The van der Waals surface area contributed by atoms with E-state index in [0.29, 0.717) is 24.8 Å². The minimum Gasteiger partial charge on any atom is -0.488 e. The fourth-order valence-corrected chi connectivity index (χ4v) is 1.72. The number of halogens is 3. The summed E-state index contributed by atoms with van der Waals surface area (Å²) in [6.07, 6.45) is -2.51. The Bertz CT molecular complexity index is 557. The van der Waals surface area contributed by atoms with Gasteiger partial charge in [0.2, 0.25) is 5.91 Å². The van der Waals surface area contributed by atoms with E-state index in [1.807, 2.05) is 13.0 Å². The van der Waals surface area contributed by atoms with Crippen molar-refractivity contribution in [1.82, 2.24) is 15.5 Å². The molecule has 0 unspecified atom stereocenters. The number of carbonyl (C=O) groups excluding carboxylic acids is 1. The Morgan fingerprint density at radius 1 is 1.32 bits per heavy atom. The predicted molar refractivity (Wildman–Crippen MR) is 105 cm³/mol. The number of carbonyl (C=O) groups is 1. The summed E-state index contributed by atoms with van der Waals surface area (Å²) in [7, 11) is 3.36. The third-order valence-electron chi connectivity index (χ3n) is 2.94. The molecule has 9 heteroatoms. The molecule has 0 radical (unpaired) electrons. The SMILES string of the molecule is CCNC(=NCc1cccc(OCC(F)F)c1)NCC(=O)N(C)C.I. The van der Waals surface area contributed by atoms with Crippen molar-refractivity contribution < 1.29 is 18.3 Å². The van der Waals surface area contributed by atoms with Crippen LogP contribution < -0.4 is 15.4 Å². The van der Waals surface area contributed by atoms with E-state index in [1.165, 1.54) is 4.90 Å². The number of hydrogen-bond acceptors (Lipinski definition) is 3. The quantitative estimate of drug-likeness (QED) is 0.347. The number of guanidine groups is 1. The van der Waals surface area contributed by atoms with E-state index >= 15 is 0 Å². The van der Waals surface area contributed by atoms with Crippen LogP contribution in [0.25, 0.3) is 0 Å². The normalized spacial score (nSPS) is 10.9. The highest BCUT2D eigenvalue weighted by molar-refractivity contribution is 14.0. The van der Waals surface area contributed by atoms with Crippen molar-refractivity contribution in [2.24, 2.45) is 4.99 Å². The maximum absolute atomic E-state index is 12.2. The average molecular weight is 470 g/mol. The highest BCUT2D eigenvalue weighted by atomic mass is 127. The molecule has 6 nitrogen and oxygen atoms in total. The fourth-order valence-electron chi connectivity index (χ4n) is 1.72. The van der Waals surface area contributed by atoms with Crippen LogP contribution in [0.4, 0.5) is 8.78 Å². The van der Waals surface area contributed by atoms with Gasteiger partial charge in [0.1, 0.15) is 12.4 Å². The van der Waals surface area contributed by atoms with E-state index in [4.69, 9.17) is 4.74 Å². The Morgan fingerprint density at radius 2 is 2.04 bits per heavy atom. The van der Waals surface area contributed by atoms with Crippen LogP contribution in [0, 0.1) is 0 Å². The highest BCUT2D eigenvalue weighted by Gasteiger charge is 2.06. The number of aliphatic imine (C=N–C) groups is 1. The van der Waals surface area contributed by atoms with Crippen molar-refractivity contribution >= 4 is 35.8 Å². The number of hydrogen-bond donors (Lipinski definition) is 2. The van der Waals surface area contributed by atoms with Crippen molar-refractivity contribution in [1.29, 1.82) is 0 Å². The third kappa shape index (κ3) is 10.0. The molecule has 1 aromatic rings. The smallest absolute Gasteiger partial charge is 0.272 e. The number of likely N-dealkylation sites (N-methyl/N-ethyl adjacent to an activating group) is 1. The van der Waals surface area contributed by atoms with Gasteiger partial charge in [-0.25, -0.2) is 13.8 Å². The van der Waals surface area contributed by atoms with Gasteiger partial charge in [-0.1, -0.05) is 12.1 Å². The molecule has 0 aromatic heterocycles. The van der Waals surface area contributed by atoms with Crippen LogP contribution in [0.3, 0.4) is 0 Å². The molecule has 0 heterocycles. The van der Waals surface area contributed by atoms with Gasteiger partial charge in [-0.05, 0) is 24.6 Å². The summed E-state index contributed by atoms with van der Waals surface area (Å²) in [5, 5.41) is 5.98. The van der Waals surface area contributed by atoms with E-state index in [1.54, 1.807) is 32.3 Å². The van der Waals surface area contributed by atoms with E-state index in [2.05, 4.69) is 15.6 Å². The van der Waals surface area contributed by atoms with Gasteiger partial charge in [0.15, 0.2) is 5.96 Å². The molecule has 0 aliphatic heterocycles. The molecule has 0 aliphatic carbocycles. The lowest BCUT2D eigenvalue weighted by Gasteiger charge is -2.14. The Morgan fingerprint density at radius 3 is 2.64 bits per heavy atom. The first kappa shape index (κ1) is 23.4. The van der Waals surface area contributed by atoms with Crippen molar-refractivity contribution in [3.63, 3.8) is 0 Å². The molecule has 0 aliphatic rings. The van der Waals surface area contributed by atoms with Crippen molar-refractivity contribution in [2.45, 2.75) is 19.9 Å². The van der Waals surface area contributed by atoms with Gasteiger partial charge < -0.3 is 20.3 Å². The molecular formula is C16H25F2IN4O2. The minimum atomic E-state index is -2.51. The van der Waals surface area contributed by atoms with Gasteiger partial charge in [-0.3, -0.25) is 4.79 Å². The van der Waals surface area contributed by atoms with Gasteiger partial charge in [-0.2, -0.15) is 0 Å². The number of benzene rings is 1. The van der Waals surface area contributed by atoms with Crippen molar-refractivity contribution in [2.75, 3.05) is 33.8 Å². The van der Waals surface area contributed by atoms with Crippen LogP contribution in [-0.4, -0.2) is 57.0 Å². The molecule has 1 amide bonds. The van der Waals surface area contributed by atoms with E-state index < -0.39 is 13.0 Å². The van der Waals surface area contributed by atoms with Crippen molar-refractivity contribution in [3.05, 3.63) is 29.8 Å². The Hall–Kier alpha value is -1.65. The van der Waals surface area contributed by atoms with Gasteiger partial charge in [0.25, 0.3) is 6.43 Å². The van der Waals surface area contributed by atoms with Crippen LogP contribution >= 0.6 is 24.0 Å². The van der Waals surface area contributed by atoms with Gasteiger partial charge in [0, 0.05) is 20.6 Å². The second-order valence-corrected chi connectivity index (χ2v) is 5.19. The summed E-state index contributed by atoms with van der Waals surface area (Å²) in [6.45, 7) is 2.40. The molecule has 0 saturated heterocycles. The van der Waals surface area contributed by atoms with Crippen LogP contribution in [0.15, 0.2) is 29.3 Å². The molecule has 0 bridgehead atoms. The minimum absolute atomic E-state index is 0. The van der Waals surface area contributed by atoms with E-state index in [-0.39, 0.29) is 36.4 Å². The second-order valence-electron chi connectivity index (χ2n) is 5.19. The number of amides is 1. The molecule has 1 rings (SSSR count). The monoisotopic (exact) mass is 470 g/mol. The second kappa shape index (κ2) is 12.7. The highest BCUT2D eigenvalue weighted by Crippen LogP contribution is 2.14. The first-order chi connectivity index (χ1) is 11.4. The predicted octanol–water partition coefficient (Wildman–Crippen LogP) is 2.09. The standard InChI is InChI=1S/C16H24F2N4O2.HI/c1-4-19-16(21-10-15(23)22(2)3)20-9-12-6-5-7-13(8-12)24-11-14(17)18;/h5-8,14H,4,9-11H2,1-3H3,(H2,19,20,21);1H. The summed E-state index contributed by atoms with van der Waals surface area (Å²) in [5.74, 6) is 0.818. The first-order valence-electron chi connectivity index (χ1n) is 7.64. The number of rotatable bonds is 8. The molecule has 1 aromatic carbocycles. The molecular weight excluding hydrogens is 445 g/mol. The summed E-state index contributed by atoms with van der Waals surface area (Å²) in [6, 6.07) is 6.84. The lowest BCUT2D eigenvalue weighted by atomic mass is 10.2. The van der Waals surface area contributed by atoms with Crippen LogP contribution in [0.2, 0.25) is 0 Å². The molecule has 0 fully saturated rings. The van der Waals surface area contributed by atoms with Gasteiger partial charge in [-0.15, -0.1) is 24.0 Å². The Labute approximate surface area is 164 Å². The van der Waals surface area contributed by atoms with E-state index in [0.717, 1.165) is 5.56 Å². The van der Waals surface area contributed by atoms with Crippen LogP contribution in [0.5, 0.6) is 5.75 Å². The van der Waals surface area contributed by atoms with Crippen molar-refractivity contribution in [3.8, 4) is 5.75 Å². The first-order valence-corrected chi connectivity index (χ1v) is 7.64. The average Bonchev–Trinajstić information content (AvgIpc) is 2.55. The number of nitrogens with zero attached hydrogens (tertiary/aromatic N) is 2.